The van der Waals surface area contributed by atoms with Crippen LogP contribution in [0.25, 0.3) is 10.4 Å². The Labute approximate surface area is 337 Å². The highest BCUT2D eigenvalue weighted by molar-refractivity contribution is 5.84. The van der Waals surface area contributed by atoms with Crippen molar-refractivity contribution in [3.05, 3.63) is 10.4 Å². The van der Waals surface area contributed by atoms with E-state index in [1.165, 1.54) is 44.9 Å². The summed E-state index contributed by atoms with van der Waals surface area (Å²) in [4.78, 5) is 72.6. The summed E-state index contributed by atoms with van der Waals surface area (Å²) in [6, 6.07) is -1.14. The molecule has 1 unspecified atom stereocenters. The molecule has 0 rings (SSSR count). The molecular formula is C38H69N7O12. The van der Waals surface area contributed by atoms with Gasteiger partial charge in [-0.2, -0.15) is 0 Å². The minimum absolute atomic E-state index is 0.0268. The van der Waals surface area contributed by atoms with Gasteiger partial charge in [-0.15, -0.1) is 0 Å². The molecule has 57 heavy (non-hydrogen) atoms. The first-order chi connectivity index (χ1) is 27.6. The molecule has 4 amide bonds. The summed E-state index contributed by atoms with van der Waals surface area (Å²) in [6.45, 7) is 2.21. The largest absolute Gasteiger partial charge is 0.481 e. The lowest BCUT2D eigenvalue weighted by Gasteiger charge is -2.14. The Morgan fingerprint density at radius 1 is 0.509 bits per heavy atom. The maximum atomic E-state index is 12.3. The molecule has 0 aliphatic heterocycles. The van der Waals surface area contributed by atoms with Crippen LogP contribution >= 0.6 is 0 Å². The van der Waals surface area contributed by atoms with E-state index in [4.69, 9.17) is 29.6 Å². The second kappa shape index (κ2) is 40.2. The van der Waals surface area contributed by atoms with Crippen molar-refractivity contribution >= 4 is 35.6 Å². The molecule has 0 spiro atoms. The molecule has 0 fully saturated rings. The Balaban J connectivity index is 3.65. The summed E-state index contributed by atoms with van der Waals surface area (Å²) in [5, 5.41) is 32.0. The van der Waals surface area contributed by atoms with Crippen molar-refractivity contribution < 1.29 is 57.9 Å². The molecule has 1 atom stereocenters. The summed E-state index contributed by atoms with van der Waals surface area (Å²) in [7, 11) is 0. The number of carbonyl (C=O) groups is 6. The summed E-state index contributed by atoms with van der Waals surface area (Å²) in [5.74, 6) is -3.18. The molecule has 0 bridgehead atoms. The maximum Gasteiger partial charge on any atom is 0.326 e. The Hall–Kier alpha value is -4.03. The maximum absolute atomic E-state index is 12.3. The van der Waals surface area contributed by atoms with Gasteiger partial charge < -0.3 is 50.4 Å². The first-order valence-electron chi connectivity index (χ1n) is 20.5. The van der Waals surface area contributed by atoms with Crippen molar-refractivity contribution in [1.82, 2.24) is 21.3 Å². The van der Waals surface area contributed by atoms with Crippen LogP contribution in [-0.2, 0) is 47.7 Å². The Kier molecular flexibility index (Phi) is 37.3. The molecule has 0 heterocycles. The Bertz CT molecular complexity index is 1140. The third-order valence-electron chi connectivity index (χ3n) is 8.51. The molecule has 0 saturated carbocycles. The average Bonchev–Trinajstić information content (AvgIpc) is 3.17. The first-order valence-corrected chi connectivity index (χ1v) is 20.5. The first kappa shape index (κ1) is 53.0. The van der Waals surface area contributed by atoms with Crippen molar-refractivity contribution in [3.63, 3.8) is 0 Å². The fraction of sp³-hybridized carbons (Fsp3) is 0.842. The lowest BCUT2D eigenvalue weighted by Crippen LogP contribution is -2.41. The predicted octanol–water partition coefficient (Wildman–Crippen LogP) is 3.78. The second-order valence-corrected chi connectivity index (χ2v) is 13.5. The topological polar surface area (TPSA) is 277 Å². The zero-order valence-electron chi connectivity index (χ0n) is 33.8. The number of carboxylic acids is 2. The minimum Gasteiger partial charge on any atom is -0.481 e. The van der Waals surface area contributed by atoms with Gasteiger partial charge >= 0.3 is 11.9 Å². The highest BCUT2D eigenvalue weighted by atomic mass is 16.5. The van der Waals surface area contributed by atoms with E-state index in [0.717, 1.165) is 38.5 Å². The molecule has 0 aliphatic rings. The van der Waals surface area contributed by atoms with Gasteiger partial charge in [0.05, 0.1) is 39.6 Å². The van der Waals surface area contributed by atoms with E-state index in [0.29, 0.717) is 25.9 Å². The van der Waals surface area contributed by atoms with Gasteiger partial charge in [0.25, 0.3) is 0 Å². The van der Waals surface area contributed by atoms with Gasteiger partial charge in [0.1, 0.15) is 19.3 Å². The molecule has 19 heteroatoms. The van der Waals surface area contributed by atoms with E-state index in [1.54, 1.807) is 0 Å². The molecule has 19 nitrogen and oxygen atoms in total. The van der Waals surface area contributed by atoms with E-state index in [1.807, 2.05) is 0 Å². The van der Waals surface area contributed by atoms with E-state index >= 15 is 0 Å². The molecule has 0 aliphatic carbocycles. The molecule has 6 N–H and O–H groups in total. The van der Waals surface area contributed by atoms with Crippen LogP contribution < -0.4 is 21.3 Å². The van der Waals surface area contributed by atoms with Crippen LogP contribution in [0, 0.1) is 0 Å². The summed E-state index contributed by atoms with van der Waals surface area (Å²) >= 11 is 0. The second-order valence-electron chi connectivity index (χ2n) is 13.5. The summed E-state index contributed by atoms with van der Waals surface area (Å²) in [6.07, 6.45) is 16.0. The van der Waals surface area contributed by atoms with Gasteiger partial charge in [0.2, 0.25) is 23.6 Å². The van der Waals surface area contributed by atoms with Crippen molar-refractivity contribution in [2.24, 2.45) is 5.11 Å². The van der Waals surface area contributed by atoms with E-state index in [2.05, 4.69) is 31.3 Å². The summed E-state index contributed by atoms with van der Waals surface area (Å²) < 4.78 is 21.2. The van der Waals surface area contributed by atoms with Crippen LogP contribution in [0.3, 0.4) is 0 Å². The van der Waals surface area contributed by atoms with Crippen LogP contribution in [0.15, 0.2) is 5.11 Å². The van der Waals surface area contributed by atoms with Crippen molar-refractivity contribution in [2.75, 3.05) is 79.0 Å². The Morgan fingerprint density at radius 2 is 0.947 bits per heavy atom. The normalized spacial score (nSPS) is 11.3. The average molecular weight is 816 g/mol. The zero-order valence-corrected chi connectivity index (χ0v) is 33.8. The van der Waals surface area contributed by atoms with Gasteiger partial charge in [-0.25, -0.2) is 4.79 Å². The Morgan fingerprint density at radius 3 is 1.42 bits per heavy atom. The number of carboxylic acid groups (broad SMARTS) is 2. The summed E-state index contributed by atoms with van der Waals surface area (Å²) in [5.41, 5.74) is 8.18. The molecule has 0 aromatic rings. The molecule has 0 aromatic heterocycles. The third-order valence-corrected chi connectivity index (χ3v) is 8.51. The van der Waals surface area contributed by atoms with Crippen LogP contribution in [0.2, 0.25) is 0 Å². The fourth-order valence-electron chi connectivity index (χ4n) is 5.39. The van der Waals surface area contributed by atoms with Crippen LogP contribution in [0.4, 0.5) is 0 Å². The molecule has 328 valence electrons. The number of aliphatic carboxylic acids is 2. The van der Waals surface area contributed by atoms with Crippen molar-refractivity contribution in [3.8, 4) is 0 Å². The van der Waals surface area contributed by atoms with Gasteiger partial charge in [-0.1, -0.05) is 82.2 Å². The highest BCUT2D eigenvalue weighted by Gasteiger charge is 2.20. The third kappa shape index (κ3) is 40.0. The minimum atomic E-state index is -1.18. The zero-order chi connectivity index (χ0) is 42.0. The molecule has 0 aromatic carbocycles. The van der Waals surface area contributed by atoms with Crippen LogP contribution in [0.1, 0.15) is 122 Å². The number of carbonyl (C=O) groups excluding carboxylic acids is 4. The monoisotopic (exact) mass is 816 g/mol. The number of unbranched alkanes of at least 4 members (excludes halogenated alkanes) is 13. The van der Waals surface area contributed by atoms with Crippen LogP contribution in [-0.4, -0.2) is 131 Å². The van der Waals surface area contributed by atoms with Gasteiger partial charge in [0.15, 0.2) is 0 Å². The lowest BCUT2D eigenvalue weighted by atomic mass is 10.0. The number of nitrogens with zero attached hydrogens (tertiary/aromatic N) is 3. The van der Waals surface area contributed by atoms with E-state index in [9.17, 15) is 33.9 Å². The number of rotatable bonds is 42. The van der Waals surface area contributed by atoms with Gasteiger partial charge in [-0.3, -0.25) is 24.0 Å². The van der Waals surface area contributed by atoms with Crippen LogP contribution in [0.5, 0.6) is 0 Å². The number of azide groups is 1. The fourth-order valence-corrected chi connectivity index (χ4v) is 5.39. The predicted molar refractivity (Wildman–Crippen MR) is 211 cm³/mol. The lowest BCUT2D eigenvalue weighted by molar-refractivity contribution is -0.142. The quantitative estimate of drug-likeness (QED) is 0.0222. The number of amides is 4. The van der Waals surface area contributed by atoms with Crippen molar-refractivity contribution in [2.45, 2.75) is 128 Å². The SMILES string of the molecule is [N-]=[N+]=NCCCNC(=O)COCCOCCNC(=O)COCCOCCNC(=O)CCC(NC(=O)CCCCCCCCCCCCCCCCC(=O)O)C(=O)O. The number of hydrogen-bond acceptors (Lipinski definition) is 11. The molecular weight excluding hydrogens is 746 g/mol. The van der Waals surface area contributed by atoms with E-state index in [-0.39, 0.29) is 115 Å². The molecule has 0 radical (unpaired) electrons. The highest BCUT2D eigenvalue weighted by Crippen LogP contribution is 2.14. The van der Waals surface area contributed by atoms with E-state index < -0.39 is 18.0 Å². The van der Waals surface area contributed by atoms with Crippen molar-refractivity contribution in [1.29, 1.82) is 0 Å². The molecule has 0 saturated heterocycles. The number of nitrogens with one attached hydrogen (secondary N) is 4. The number of ether oxygens (including phenoxy) is 4. The standard InChI is InChI=1S/C38H69N7O12/c39-45-43-21-15-20-40-35(48)30-56-28-27-55-25-23-42-36(49)31-57-29-26-54-24-22-41-33(46)19-18-32(38(52)53)44-34(47)16-13-11-9-7-5-3-1-2-4-6-8-10-12-14-17-37(50)51/h32H,1-31H2,(H,40,48)(H,41,46)(H,42,49)(H,44,47)(H,50,51)(H,52,53). The smallest absolute Gasteiger partial charge is 0.326 e. The van der Waals surface area contributed by atoms with Gasteiger partial charge in [0, 0.05) is 50.4 Å². The van der Waals surface area contributed by atoms with Gasteiger partial charge in [-0.05, 0) is 31.2 Å². The number of hydrogen-bond donors (Lipinski definition) is 6.